The van der Waals surface area contributed by atoms with E-state index < -0.39 is 66.1 Å². The number of rotatable bonds is 23. The zero-order chi connectivity index (χ0) is 46.2. The predicted molar refractivity (Wildman–Crippen MR) is 242 cm³/mol. The van der Waals surface area contributed by atoms with Gasteiger partial charge in [0.1, 0.15) is 23.7 Å². The highest BCUT2D eigenvalue weighted by atomic mass is 16.6. The Labute approximate surface area is 377 Å². The zero-order valence-corrected chi connectivity index (χ0v) is 37.7. The number of terminal acetylenes is 1. The molecule has 0 bridgehead atoms. The Morgan fingerprint density at radius 1 is 0.797 bits per heavy atom. The molecule has 5 atom stereocenters. The molecule has 3 N–H and O–H groups in total. The lowest BCUT2D eigenvalue weighted by Crippen LogP contribution is -2.60. The minimum absolute atomic E-state index is 0.0246. The van der Waals surface area contributed by atoms with E-state index >= 15 is 4.79 Å². The van der Waals surface area contributed by atoms with Crippen molar-refractivity contribution in [2.45, 2.75) is 96.5 Å². The molecule has 2 heterocycles. The molecule has 4 amide bonds. The molecular weight excluding hydrogens is 815 g/mol. The lowest BCUT2D eigenvalue weighted by molar-refractivity contribution is -0.149. The molecule has 0 saturated carbocycles. The number of epoxide rings is 1. The number of ether oxygens (including phenoxy) is 3. The van der Waals surface area contributed by atoms with E-state index in [0.29, 0.717) is 44.7 Å². The van der Waals surface area contributed by atoms with Gasteiger partial charge in [0.05, 0.1) is 38.0 Å². The number of esters is 1. The summed E-state index contributed by atoms with van der Waals surface area (Å²) < 4.78 is 16.7. The first kappa shape index (κ1) is 49.1. The van der Waals surface area contributed by atoms with Crippen LogP contribution in [0, 0.1) is 24.2 Å². The van der Waals surface area contributed by atoms with Crippen molar-refractivity contribution in [2.24, 2.45) is 11.8 Å². The van der Waals surface area contributed by atoms with Crippen LogP contribution in [-0.2, 0) is 51.0 Å². The van der Waals surface area contributed by atoms with E-state index in [2.05, 4.69) is 21.9 Å². The molecule has 342 valence electrons. The van der Waals surface area contributed by atoms with E-state index in [-0.39, 0.29) is 55.6 Å². The van der Waals surface area contributed by atoms with Crippen molar-refractivity contribution in [2.75, 3.05) is 46.2 Å². The molecule has 2 fully saturated rings. The molecule has 14 nitrogen and oxygen atoms in total. The normalized spacial score (nSPS) is 17.8. The van der Waals surface area contributed by atoms with Crippen LogP contribution in [0.1, 0.15) is 80.9 Å². The maximum absolute atomic E-state index is 15.2. The summed E-state index contributed by atoms with van der Waals surface area (Å²) >= 11 is 0. The Balaban J connectivity index is 1.50. The minimum Gasteiger partial charge on any atom is -0.441 e. The van der Waals surface area contributed by atoms with Gasteiger partial charge in [-0.1, -0.05) is 100 Å². The van der Waals surface area contributed by atoms with E-state index in [1.807, 2.05) is 93.3 Å². The van der Waals surface area contributed by atoms with Crippen molar-refractivity contribution in [1.82, 2.24) is 25.8 Å². The fourth-order valence-corrected chi connectivity index (χ4v) is 7.61. The summed E-state index contributed by atoms with van der Waals surface area (Å²) in [6.07, 6.45) is 6.68. The standard InChI is InChI=1S/C50H63N5O9/c1-7-36-19-14-20-39(29-36)49(61)63-33-55(48(60)40(22-21-37-15-10-8-11-16-37)51-44(56)31-54-23-25-62-26-24-54)43(28-35(4)5)47(59)53-42(30-38-17-12-9-13-18-38)46(58)52-41(27-34(2)3)45(57)50(6)32-64-50/h1,8-20,29,34-35,40-43H,21-28,30-33H2,2-6H3,(H,51,56)(H,52,58)(H,53,59)/t40-,41-,42-,43-,50-/m0/s1. The Bertz CT molecular complexity index is 2090. The van der Waals surface area contributed by atoms with Crippen LogP contribution in [0.4, 0.5) is 0 Å². The number of morpholine rings is 1. The molecule has 0 aliphatic carbocycles. The quantitative estimate of drug-likeness (QED) is 0.0545. The maximum Gasteiger partial charge on any atom is 0.339 e. The van der Waals surface area contributed by atoms with Gasteiger partial charge in [0.2, 0.25) is 23.6 Å². The van der Waals surface area contributed by atoms with Crippen LogP contribution in [0.15, 0.2) is 84.9 Å². The summed E-state index contributed by atoms with van der Waals surface area (Å²) in [6, 6.07) is 20.4. The number of benzene rings is 3. The number of carbonyl (C=O) groups is 6. The molecule has 2 aliphatic rings. The molecule has 64 heavy (non-hydrogen) atoms. The molecule has 0 radical (unpaired) electrons. The molecule has 3 aromatic carbocycles. The SMILES string of the molecule is C#Cc1cccc(C(=O)OCN(C(=O)[C@H](CCc2ccccc2)NC(=O)CN2CCOCC2)[C@@H](CC(C)C)C(=O)N[C@@H](Cc2ccccc2)C(=O)N[C@@H](CC(C)C)C(=O)[C@]2(C)CO2)c1. The molecule has 0 spiro atoms. The van der Waals surface area contributed by atoms with E-state index in [1.54, 1.807) is 19.1 Å². The van der Waals surface area contributed by atoms with E-state index in [1.165, 1.54) is 17.0 Å². The van der Waals surface area contributed by atoms with Crippen LogP contribution < -0.4 is 16.0 Å². The number of Topliss-reactive ketones (excluding diaryl/α,β-unsaturated/α-hetero) is 1. The highest BCUT2D eigenvalue weighted by Gasteiger charge is 2.50. The van der Waals surface area contributed by atoms with Crippen molar-refractivity contribution in [3.05, 3.63) is 107 Å². The van der Waals surface area contributed by atoms with Gasteiger partial charge in [0, 0.05) is 25.1 Å². The molecule has 5 rings (SSSR count). The van der Waals surface area contributed by atoms with Gasteiger partial charge >= 0.3 is 5.97 Å². The molecule has 3 aromatic rings. The zero-order valence-electron chi connectivity index (χ0n) is 37.7. The third-order valence-corrected chi connectivity index (χ3v) is 11.3. The molecular formula is C50H63N5O9. The maximum atomic E-state index is 15.2. The Morgan fingerprint density at radius 3 is 2.03 bits per heavy atom. The van der Waals surface area contributed by atoms with Gasteiger partial charge in [0.15, 0.2) is 12.5 Å². The first-order valence-corrected chi connectivity index (χ1v) is 22.2. The van der Waals surface area contributed by atoms with Gasteiger partial charge in [-0.2, -0.15) is 0 Å². The molecule has 0 unspecified atom stereocenters. The number of amides is 4. The largest absolute Gasteiger partial charge is 0.441 e. The van der Waals surface area contributed by atoms with Crippen LogP contribution in [0.25, 0.3) is 0 Å². The smallest absolute Gasteiger partial charge is 0.339 e. The summed E-state index contributed by atoms with van der Waals surface area (Å²) in [5, 5.41) is 8.79. The van der Waals surface area contributed by atoms with Gasteiger partial charge in [-0.25, -0.2) is 4.79 Å². The number of ketones is 1. The van der Waals surface area contributed by atoms with Gasteiger partial charge in [0.25, 0.3) is 0 Å². The van der Waals surface area contributed by atoms with Gasteiger partial charge in [-0.3, -0.25) is 33.8 Å². The molecule has 2 saturated heterocycles. The van der Waals surface area contributed by atoms with Crippen molar-refractivity contribution in [3.8, 4) is 12.3 Å². The first-order valence-electron chi connectivity index (χ1n) is 22.2. The number of nitrogens with zero attached hydrogens (tertiary/aromatic N) is 2. The lowest BCUT2D eigenvalue weighted by atomic mass is 9.93. The van der Waals surface area contributed by atoms with Gasteiger partial charge in [-0.05, 0) is 73.8 Å². The molecule has 14 heteroatoms. The summed E-state index contributed by atoms with van der Waals surface area (Å²) in [7, 11) is 0. The predicted octanol–water partition coefficient (Wildman–Crippen LogP) is 4.09. The average molecular weight is 878 g/mol. The average Bonchev–Trinajstić information content (AvgIpc) is 4.05. The molecule has 2 aliphatic heterocycles. The Hall–Kier alpha value is -5.88. The second-order valence-corrected chi connectivity index (χ2v) is 17.6. The van der Waals surface area contributed by atoms with Crippen LogP contribution in [-0.4, -0.2) is 121 Å². The van der Waals surface area contributed by atoms with Crippen LogP contribution in [0.3, 0.4) is 0 Å². The fraction of sp³-hybridized carbons (Fsp3) is 0.480. The number of carbonyl (C=O) groups excluding carboxylic acids is 6. The van der Waals surface area contributed by atoms with E-state index in [9.17, 15) is 24.0 Å². The fourth-order valence-electron chi connectivity index (χ4n) is 7.61. The summed E-state index contributed by atoms with van der Waals surface area (Å²) in [5.41, 5.74) is 1.26. The monoisotopic (exact) mass is 877 g/mol. The minimum atomic E-state index is -1.29. The number of hydrogen-bond acceptors (Lipinski definition) is 10. The van der Waals surface area contributed by atoms with Gasteiger partial charge in [-0.15, -0.1) is 6.42 Å². The number of hydrogen-bond donors (Lipinski definition) is 3. The third-order valence-electron chi connectivity index (χ3n) is 11.3. The summed E-state index contributed by atoms with van der Waals surface area (Å²) in [5.74, 6) is -0.980. The summed E-state index contributed by atoms with van der Waals surface area (Å²) in [4.78, 5) is 88.5. The van der Waals surface area contributed by atoms with Crippen molar-refractivity contribution in [1.29, 1.82) is 0 Å². The summed E-state index contributed by atoms with van der Waals surface area (Å²) in [6.45, 7) is 11.0. The Kier molecular flexibility index (Phi) is 18.2. The van der Waals surface area contributed by atoms with Crippen LogP contribution in [0.2, 0.25) is 0 Å². The van der Waals surface area contributed by atoms with Crippen LogP contribution >= 0.6 is 0 Å². The lowest BCUT2D eigenvalue weighted by Gasteiger charge is -2.35. The van der Waals surface area contributed by atoms with E-state index in [4.69, 9.17) is 20.6 Å². The number of nitrogens with one attached hydrogen (secondary N) is 3. The van der Waals surface area contributed by atoms with Gasteiger partial charge < -0.3 is 30.2 Å². The highest BCUT2D eigenvalue weighted by molar-refractivity contribution is 5.99. The number of aryl methyl sites for hydroxylation is 1. The Morgan fingerprint density at radius 2 is 1.42 bits per heavy atom. The molecule has 0 aromatic heterocycles. The van der Waals surface area contributed by atoms with Crippen molar-refractivity contribution in [3.63, 3.8) is 0 Å². The third kappa shape index (κ3) is 14.9. The topological polar surface area (TPSA) is 176 Å². The second-order valence-electron chi connectivity index (χ2n) is 17.6. The van der Waals surface area contributed by atoms with Crippen LogP contribution in [0.5, 0.6) is 0 Å². The highest BCUT2D eigenvalue weighted by Crippen LogP contribution is 2.30. The first-order chi connectivity index (χ1) is 30.6. The second kappa shape index (κ2) is 23.7. The van der Waals surface area contributed by atoms with Crippen molar-refractivity contribution >= 4 is 35.4 Å². The van der Waals surface area contributed by atoms with Crippen molar-refractivity contribution < 1.29 is 43.0 Å². The van der Waals surface area contributed by atoms with E-state index in [0.717, 1.165) is 11.1 Å².